The molecule has 0 spiro atoms. The lowest BCUT2D eigenvalue weighted by atomic mass is 10.1. The number of carbonyl (C=O) groups is 3. The van der Waals surface area contributed by atoms with E-state index >= 15 is 0 Å². The number of carboxylic acid groups (broad SMARTS) is 1. The van der Waals surface area contributed by atoms with Crippen molar-refractivity contribution in [2.75, 3.05) is 24.9 Å². The smallest absolute Gasteiger partial charge is 0.328 e. The third-order valence-corrected chi connectivity index (χ3v) is 3.46. The Morgan fingerprint density at radius 1 is 0.926 bits per heavy atom. The maximum absolute atomic E-state index is 12.7. The van der Waals surface area contributed by atoms with Gasteiger partial charge in [-0.1, -0.05) is 12.1 Å². The van der Waals surface area contributed by atoms with Crippen LogP contribution in [-0.2, 0) is 9.59 Å². The molecule has 0 heterocycles. The van der Waals surface area contributed by atoms with Crippen LogP contribution in [0.15, 0.2) is 54.6 Å². The van der Waals surface area contributed by atoms with E-state index in [0.29, 0.717) is 23.3 Å². The Morgan fingerprint density at radius 2 is 1.67 bits per heavy atom. The van der Waals surface area contributed by atoms with Crippen molar-refractivity contribution < 1.29 is 29.0 Å². The molecule has 27 heavy (non-hydrogen) atoms. The van der Waals surface area contributed by atoms with Gasteiger partial charge in [-0.15, -0.1) is 0 Å². The van der Waals surface area contributed by atoms with Gasteiger partial charge in [0.2, 0.25) is 5.91 Å². The number of amides is 2. The Balaban J connectivity index is 2.25. The van der Waals surface area contributed by atoms with E-state index in [1.165, 1.54) is 26.4 Å². The van der Waals surface area contributed by atoms with Crippen LogP contribution in [0.5, 0.6) is 11.5 Å². The molecule has 8 nitrogen and oxygen atoms in total. The van der Waals surface area contributed by atoms with E-state index in [4.69, 9.17) is 14.6 Å². The number of hydrogen-bond donors (Lipinski definition) is 3. The first-order valence-corrected chi connectivity index (χ1v) is 7.79. The van der Waals surface area contributed by atoms with Gasteiger partial charge in [0, 0.05) is 18.2 Å². The second-order valence-corrected chi connectivity index (χ2v) is 5.23. The molecule has 8 heteroatoms. The number of anilines is 2. The number of nitrogens with one attached hydrogen (secondary N) is 2. The second kappa shape index (κ2) is 9.04. The van der Waals surface area contributed by atoms with E-state index in [9.17, 15) is 14.4 Å². The van der Waals surface area contributed by atoms with Gasteiger partial charge in [0.25, 0.3) is 5.91 Å². The Labute approximate surface area is 155 Å². The van der Waals surface area contributed by atoms with Gasteiger partial charge in [-0.05, 0) is 24.3 Å². The van der Waals surface area contributed by atoms with Crippen molar-refractivity contribution >= 4 is 29.2 Å². The minimum atomic E-state index is -1.25. The molecule has 0 saturated carbocycles. The molecule has 2 rings (SSSR count). The number of carboxylic acids is 1. The van der Waals surface area contributed by atoms with E-state index in [0.717, 1.165) is 6.08 Å². The summed E-state index contributed by atoms with van der Waals surface area (Å²) >= 11 is 0. The first-order chi connectivity index (χ1) is 12.9. The summed E-state index contributed by atoms with van der Waals surface area (Å²) in [7, 11) is 2.98. The van der Waals surface area contributed by atoms with Gasteiger partial charge in [-0.2, -0.15) is 0 Å². The molecule has 0 aliphatic carbocycles. The lowest BCUT2D eigenvalue weighted by Crippen LogP contribution is -2.17. The standard InChI is InChI=1S/C19H18N2O6/c1-26-12-7-8-16(27-2)15(11-12)21-19(25)13-5-3-4-6-14(13)20-17(22)9-10-18(23)24/h3-11H,1-2H3,(H,20,22)(H,21,25)(H,23,24). The predicted molar refractivity (Wildman–Crippen MR) is 99.3 cm³/mol. The highest BCUT2D eigenvalue weighted by Gasteiger charge is 2.15. The fourth-order valence-corrected chi connectivity index (χ4v) is 2.21. The van der Waals surface area contributed by atoms with Gasteiger partial charge in [-0.25, -0.2) is 4.79 Å². The fraction of sp³-hybridized carbons (Fsp3) is 0.105. The van der Waals surface area contributed by atoms with E-state index in [-0.39, 0.29) is 11.3 Å². The summed E-state index contributed by atoms with van der Waals surface area (Å²) in [4.78, 5) is 35.0. The monoisotopic (exact) mass is 370 g/mol. The molecule has 2 aromatic carbocycles. The average Bonchev–Trinajstić information content (AvgIpc) is 2.66. The van der Waals surface area contributed by atoms with Crippen LogP contribution in [0, 0.1) is 0 Å². The van der Waals surface area contributed by atoms with Crippen molar-refractivity contribution in [1.82, 2.24) is 0 Å². The molecule has 0 unspecified atom stereocenters. The molecule has 0 aromatic heterocycles. The van der Waals surface area contributed by atoms with Gasteiger partial charge in [0.1, 0.15) is 11.5 Å². The molecular formula is C19H18N2O6. The van der Waals surface area contributed by atoms with Crippen LogP contribution in [0.1, 0.15) is 10.4 Å². The zero-order chi connectivity index (χ0) is 19.8. The number of ether oxygens (including phenoxy) is 2. The number of methoxy groups -OCH3 is 2. The van der Waals surface area contributed by atoms with Crippen molar-refractivity contribution in [3.63, 3.8) is 0 Å². The highest BCUT2D eigenvalue weighted by molar-refractivity contribution is 6.12. The van der Waals surface area contributed by atoms with Crippen LogP contribution in [-0.4, -0.2) is 37.1 Å². The topological polar surface area (TPSA) is 114 Å². The molecule has 3 N–H and O–H groups in total. The minimum absolute atomic E-state index is 0.194. The molecule has 2 aromatic rings. The van der Waals surface area contributed by atoms with E-state index in [1.54, 1.807) is 30.3 Å². The summed E-state index contributed by atoms with van der Waals surface area (Å²) in [5.41, 5.74) is 0.824. The highest BCUT2D eigenvalue weighted by atomic mass is 16.5. The first kappa shape index (κ1) is 19.5. The largest absolute Gasteiger partial charge is 0.497 e. The zero-order valence-electron chi connectivity index (χ0n) is 14.7. The maximum atomic E-state index is 12.7. The van der Waals surface area contributed by atoms with Crippen molar-refractivity contribution in [1.29, 1.82) is 0 Å². The normalized spacial score (nSPS) is 10.3. The Kier molecular flexibility index (Phi) is 6.54. The third kappa shape index (κ3) is 5.33. The summed E-state index contributed by atoms with van der Waals surface area (Å²) in [5, 5.41) is 13.8. The third-order valence-electron chi connectivity index (χ3n) is 3.46. The van der Waals surface area contributed by atoms with Crippen molar-refractivity contribution in [3.05, 3.63) is 60.2 Å². The minimum Gasteiger partial charge on any atom is -0.497 e. The van der Waals surface area contributed by atoms with Crippen LogP contribution in [0.2, 0.25) is 0 Å². The highest BCUT2D eigenvalue weighted by Crippen LogP contribution is 2.29. The number of carbonyl (C=O) groups excluding carboxylic acids is 2. The SMILES string of the molecule is COc1ccc(OC)c(NC(=O)c2ccccc2NC(=O)C=CC(=O)O)c1. The Bertz CT molecular complexity index is 892. The van der Waals surface area contributed by atoms with E-state index in [2.05, 4.69) is 10.6 Å². The van der Waals surface area contributed by atoms with Crippen molar-refractivity contribution in [2.45, 2.75) is 0 Å². The molecule has 0 bridgehead atoms. The molecule has 0 aliphatic heterocycles. The van der Waals surface area contributed by atoms with Crippen molar-refractivity contribution in [2.24, 2.45) is 0 Å². The maximum Gasteiger partial charge on any atom is 0.328 e. The first-order valence-electron chi connectivity index (χ1n) is 7.79. The van der Waals surface area contributed by atoms with Crippen LogP contribution < -0.4 is 20.1 Å². The number of para-hydroxylation sites is 1. The number of rotatable bonds is 7. The zero-order valence-corrected chi connectivity index (χ0v) is 14.7. The Hall–Kier alpha value is -3.81. The molecule has 0 atom stereocenters. The van der Waals surface area contributed by atoms with Crippen LogP contribution >= 0.6 is 0 Å². The molecule has 0 fully saturated rings. The van der Waals surface area contributed by atoms with Crippen LogP contribution in [0.25, 0.3) is 0 Å². The van der Waals surface area contributed by atoms with Gasteiger partial charge >= 0.3 is 5.97 Å². The second-order valence-electron chi connectivity index (χ2n) is 5.23. The van der Waals surface area contributed by atoms with Gasteiger partial charge < -0.3 is 25.2 Å². The molecule has 0 saturated heterocycles. The molecule has 0 aliphatic rings. The molecule has 140 valence electrons. The van der Waals surface area contributed by atoms with Crippen molar-refractivity contribution in [3.8, 4) is 11.5 Å². The quantitative estimate of drug-likeness (QED) is 0.646. The van der Waals surface area contributed by atoms with Crippen LogP contribution in [0.4, 0.5) is 11.4 Å². The van der Waals surface area contributed by atoms with Gasteiger partial charge in [0.05, 0.1) is 31.2 Å². The predicted octanol–water partition coefficient (Wildman–Crippen LogP) is 2.54. The average molecular weight is 370 g/mol. The lowest BCUT2D eigenvalue weighted by Gasteiger charge is -2.13. The summed E-state index contributed by atoms with van der Waals surface area (Å²) in [6, 6.07) is 11.3. The lowest BCUT2D eigenvalue weighted by molar-refractivity contribution is -0.131. The van der Waals surface area contributed by atoms with Crippen LogP contribution in [0.3, 0.4) is 0 Å². The van der Waals surface area contributed by atoms with E-state index in [1.807, 2.05) is 0 Å². The van der Waals surface area contributed by atoms with Gasteiger partial charge in [0.15, 0.2) is 0 Å². The molecule has 2 amide bonds. The summed E-state index contributed by atoms with van der Waals surface area (Å²) in [6.45, 7) is 0. The van der Waals surface area contributed by atoms with E-state index < -0.39 is 17.8 Å². The number of benzene rings is 2. The number of hydrogen-bond acceptors (Lipinski definition) is 5. The number of aliphatic carboxylic acids is 1. The summed E-state index contributed by atoms with van der Waals surface area (Å²) in [6.07, 6.45) is 1.57. The fourth-order valence-electron chi connectivity index (χ4n) is 2.21. The molecule has 0 radical (unpaired) electrons. The summed E-state index contributed by atoms with van der Waals surface area (Å²) < 4.78 is 10.4. The van der Waals surface area contributed by atoms with Gasteiger partial charge in [-0.3, -0.25) is 9.59 Å². The molecular weight excluding hydrogens is 352 g/mol. The summed E-state index contributed by atoms with van der Waals surface area (Å²) in [5.74, 6) is -1.43. The Morgan fingerprint density at radius 3 is 2.33 bits per heavy atom.